The fourth-order valence-corrected chi connectivity index (χ4v) is 4.50. The predicted molar refractivity (Wildman–Crippen MR) is 109 cm³/mol. The van der Waals surface area contributed by atoms with Crippen LogP contribution in [0.5, 0.6) is 5.75 Å². The van der Waals surface area contributed by atoms with Gasteiger partial charge in [0.05, 0.1) is 6.61 Å². The Kier molecular flexibility index (Phi) is 6.45. The lowest BCUT2D eigenvalue weighted by atomic mass is 10.0. The third kappa shape index (κ3) is 4.73. The van der Waals surface area contributed by atoms with Crippen LogP contribution in [-0.2, 0) is 0 Å². The predicted octanol–water partition coefficient (Wildman–Crippen LogP) is 5.11. The summed E-state index contributed by atoms with van der Waals surface area (Å²) in [6.45, 7) is 6.30. The first-order valence-corrected chi connectivity index (χ1v) is 10.2. The van der Waals surface area contributed by atoms with E-state index in [0.717, 1.165) is 36.7 Å². The summed E-state index contributed by atoms with van der Waals surface area (Å²) in [7, 11) is 0. The van der Waals surface area contributed by atoms with Gasteiger partial charge in [-0.1, -0.05) is 24.3 Å². The van der Waals surface area contributed by atoms with E-state index in [1.807, 2.05) is 47.9 Å². The molecule has 1 aliphatic rings. The highest BCUT2D eigenvalue weighted by atomic mass is 32.2. The van der Waals surface area contributed by atoms with E-state index < -0.39 is 0 Å². The minimum absolute atomic E-state index is 0.0276. The minimum atomic E-state index is -0.0276. The number of aryl methyl sites for hydroxylation is 1. The lowest BCUT2D eigenvalue weighted by Crippen LogP contribution is -2.36. The fourth-order valence-electron chi connectivity index (χ4n) is 3.17. The van der Waals surface area contributed by atoms with Crippen molar-refractivity contribution in [1.82, 2.24) is 4.90 Å². The normalized spacial score (nSPS) is 17.5. The molecule has 2 amide bonds. The Hall–Kier alpha value is -2.14. The van der Waals surface area contributed by atoms with Crippen molar-refractivity contribution in [1.29, 1.82) is 0 Å². The molecule has 4 nitrogen and oxygen atoms in total. The Morgan fingerprint density at radius 1 is 1.19 bits per heavy atom. The van der Waals surface area contributed by atoms with Gasteiger partial charge in [-0.15, -0.1) is 0 Å². The molecule has 0 spiro atoms. The lowest BCUT2D eigenvalue weighted by Gasteiger charge is -2.21. The third-order valence-corrected chi connectivity index (χ3v) is 5.89. The third-order valence-electron chi connectivity index (χ3n) is 4.58. The van der Waals surface area contributed by atoms with Crippen LogP contribution in [-0.4, -0.2) is 36.4 Å². The molecule has 1 atom stereocenters. The smallest absolute Gasteiger partial charge is 0.321 e. The molecule has 138 valence electrons. The highest BCUT2D eigenvalue weighted by Crippen LogP contribution is 2.36. The van der Waals surface area contributed by atoms with Crippen molar-refractivity contribution >= 4 is 23.5 Å². The second-order valence-corrected chi connectivity index (χ2v) is 7.69. The van der Waals surface area contributed by atoms with Gasteiger partial charge in [0.15, 0.2) is 0 Å². The van der Waals surface area contributed by atoms with Crippen LogP contribution >= 0.6 is 11.8 Å². The van der Waals surface area contributed by atoms with Crippen molar-refractivity contribution in [2.75, 3.05) is 30.8 Å². The number of rotatable bonds is 4. The lowest BCUT2D eigenvalue weighted by molar-refractivity contribution is 0.215. The van der Waals surface area contributed by atoms with Crippen molar-refractivity contribution in [2.24, 2.45) is 0 Å². The number of benzene rings is 2. The maximum absolute atomic E-state index is 12.6. The van der Waals surface area contributed by atoms with E-state index in [0.29, 0.717) is 11.9 Å². The van der Waals surface area contributed by atoms with Gasteiger partial charge in [0, 0.05) is 29.8 Å². The van der Waals surface area contributed by atoms with Gasteiger partial charge in [-0.25, -0.2) is 4.79 Å². The fraction of sp³-hybridized carbons (Fsp3) is 0.381. The van der Waals surface area contributed by atoms with E-state index in [-0.39, 0.29) is 6.03 Å². The van der Waals surface area contributed by atoms with Gasteiger partial charge in [-0.3, -0.25) is 0 Å². The summed E-state index contributed by atoms with van der Waals surface area (Å²) in [5.74, 6) is 1.77. The number of nitrogens with zero attached hydrogens (tertiary/aromatic N) is 1. The molecule has 0 bridgehead atoms. The van der Waals surface area contributed by atoms with Crippen molar-refractivity contribution in [2.45, 2.75) is 25.5 Å². The maximum Gasteiger partial charge on any atom is 0.321 e. The number of urea groups is 1. The first kappa shape index (κ1) is 18.6. The van der Waals surface area contributed by atoms with Crippen LogP contribution in [0.4, 0.5) is 10.5 Å². The molecule has 2 aromatic rings. The molecule has 0 unspecified atom stereocenters. The van der Waals surface area contributed by atoms with Crippen molar-refractivity contribution < 1.29 is 9.53 Å². The van der Waals surface area contributed by atoms with Gasteiger partial charge >= 0.3 is 6.03 Å². The Balaban J connectivity index is 1.58. The molecule has 1 fully saturated rings. The molecular weight excluding hydrogens is 344 g/mol. The number of carbonyl (C=O) groups excluding carboxylic acids is 1. The average Bonchev–Trinajstić information content (AvgIpc) is 2.90. The molecule has 5 heteroatoms. The largest absolute Gasteiger partial charge is 0.494 e. The number of carbonyl (C=O) groups is 1. The van der Waals surface area contributed by atoms with E-state index in [1.54, 1.807) is 0 Å². The number of amides is 2. The Morgan fingerprint density at radius 3 is 2.69 bits per heavy atom. The van der Waals surface area contributed by atoms with Crippen LogP contribution in [0, 0.1) is 6.92 Å². The molecular formula is C21H26N2O2S. The minimum Gasteiger partial charge on any atom is -0.494 e. The zero-order chi connectivity index (χ0) is 18.4. The monoisotopic (exact) mass is 370 g/mol. The number of ether oxygens (including phenoxy) is 1. The molecule has 1 N–H and O–H groups in total. The molecule has 0 aromatic heterocycles. The number of thioether (sulfide) groups is 1. The zero-order valence-electron chi connectivity index (χ0n) is 15.4. The number of anilines is 1. The first-order valence-electron chi connectivity index (χ1n) is 9.13. The molecule has 0 saturated carbocycles. The quantitative estimate of drug-likeness (QED) is 0.813. The van der Waals surface area contributed by atoms with Gasteiger partial charge in [-0.2, -0.15) is 11.8 Å². The van der Waals surface area contributed by atoms with Gasteiger partial charge in [0.2, 0.25) is 0 Å². The summed E-state index contributed by atoms with van der Waals surface area (Å²) >= 11 is 1.95. The van der Waals surface area contributed by atoms with Crippen molar-refractivity contribution in [3.05, 3.63) is 59.7 Å². The van der Waals surface area contributed by atoms with Gasteiger partial charge in [0.1, 0.15) is 5.75 Å². The maximum atomic E-state index is 12.6. The SMILES string of the molecule is CCOc1ccc(NC(=O)N2CCS[C@H](c3ccccc3C)CC2)cc1. The molecule has 3 rings (SSSR count). The molecule has 0 aliphatic carbocycles. The van der Waals surface area contributed by atoms with Crippen LogP contribution in [0.2, 0.25) is 0 Å². The van der Waals surface area contributed by atoms with E-state index in [9.17, 15) is 4.79 Å². The van der Waals surface area contributed by atoms with Crippen LogP contribution < -0.4 is 10.1 Å². The first-order chi connectivity index (χ1) is 12.7. The number of hydrogen-bond acceptors (Lipinski definition) is 3. The Bertz CT molecular complexity index is 733. The highest BCUT2D eigenvalue weighted by Gasteiger charge is 2.22. The number of hydrogen-bond donors (Lipinski definition) is 1. The topological polar surface area (TPSA) is 41.6 Å². The van der Waals surface area contributed by atoms with Crippen LogP contribution in [0.15, 0.2) is 48.5 Å². The molecule has 1 heterocycles. The molecule has 26 heavy (non-hydrogen) atoms. The summed E-state index contributed by atoms with van der Waals surface area (Å²) < 4.78 is 5.44. The molecule has 0 radical (unpaired) electrons. The highest BCUT2D eigenvalue weighted by molar-refractivity contribution is 7.99. The van der Waals surface area contributed by atoms with E-state index >= 15 is 0 Å². The van der Waals surface area contributed by atoms with Crippen LogP contribution in [0.25, 0.3) is 0 Å². The van der Waals surface area contributed by atoms with Crippen molar-refractivity contribution in [3.63, 3.8) is 0 Å². The summed E-state index contributed by atoms with van der Waals surface area (Å²) in [4.78, 5) is 14.5. The number of nitrogens with one attached hydrogen (secondary N) is 1. The summed E-state index contributed by atoms with van der Waals surface area (Å²) in [6, 6.07) is 16.1. The Morgan fingerprint density at radius 2 is 1.96 bits per heavy atom. The summed E-state index contributed by atoms with van der Waals surface area (Å²) in [5, 5.41) is 3.45. The van der Waals surface area contributed by atoms with Crippen LogP contribution in [0.3, 0.4) is 0 Å². The Labute approximate surface area is 159 Å². The second-order valence-electron chi connectivity index (χ2n) is 6.38. The van der Waals surface area contributed by atoms with Crippen molar-refractivity contribution in [3.8, 4) is 5.75 Å². The molecule has 1 aliphatic heterocycles. The van der Waals surface area contributed by atoms with Crippen LogP contribution in [0.1, 0.15) is 29.7 Å². The van der Waals surface area contributed by atoms with Gasteiger partial charge in [-0.05, 0) is 55.7 Å². The standard InChI is InChI=1S/C21H26N2O2S/c1-3-25-18-10-8-17(9-11-18)22-21(24)23-13-12-20(26-15-14-23)19-7-5-4-6-16(19)2/h4-11,20H,3,12-15H2,1-2H3,(H,22,24)/t20-/m0/s1. The summed E-state index contributed by atoms with van der Waals surface area (Å²) in [6.07, 6.45) is 0.978. The summed E-state index contributed by atoms with van der Waals surface area (Å²) in [5.41, 5.74) is 3.52. The molecule has 2 aromatic carbocycles. The van der Waals surface area contributed by atoms with Gasteiger partial charge < -0.3 is 15.0 Å². The van der Waals surface area contributed by atoms with Gasteiger partial charge in [0.25, 0.3) is 0 Å². The van der Waals surface area contributed by atoms with E-state index in [4.69, 9.17) is 4.74 Å². The zero-order valence-corrected chi connectivity index (χ0v) is 16.2. The molecule has 1 saturated heterocycles. The second kappa shape index (κ2) is 8.99. The van der Waals surface area contributed by atoms with E-state index in [2.05, 4.69) is 36.5 Å². The average molecular weight is 371 g/mol. The van der Waals surface area contributed by atoms with E-state index in [1.165, 1.54) is 11.1 Å².